The van der Waals surface area contributed by atoms with E-state index in [2.05, 4.69) is 49.4 Å². The molecule has 0 spiro atoms. The Bertz CT molecular complexity index is 1550. The van der Waals surface area contributed by atoms with Crippen LogP contribution in [-0.2, 0) is 16.6 Å². The lowest BCUT2D eigenvalue weighted by Crippen LogP contribution is -2.43. The van der Waals surface area contributed by atoms with Gasteiger partial charge in [0.25, 0.3) is 0 Å². The molecule has 0 atom stereocenters. The second-order valence-electron chi connectivity index (χ2n) is 9.56. The summed E-state index contributed by atoms with van der Waals surface area (Å²) in [6.07, 6.45) is 4.14. The first-order chi connectivity index (χ1) is 19.6. The van der Waals surface area contributed by atoms with Gasteiger partial charge in [-0.3, -0.25) is 4.68 Å². The Balaban J connectivity index is 0.000000426. The molecule has 0 unspecified atom stereocenters. The van der Waals surface area contributed by atoms with Gasteiger partial charge in [-0.15, -0.1) is 0 Å². The number of hydrogen-bond donors (Lipinski definition) is 4. The molecule has 13 heteroatoms. The van der Waals surface area contributed by atoms with E-state index in [1.54, 1.807) is 0 Å². The number of carboxylic acid groups (broad SMARTS) is 2. The van der Waals surface area contributed by atoms with Gasteiger partial charge in [0.05, 0.1) is 23.6 Å². The molecule has 0 amide bonds. The number of aliphatic carboxylic acids is 2. The molecule has 41 heavy (non-hydrogen) atoms. The molecule has 12 nitrogen and oxygen atoms in total. The van der Waals surface area contributed by atoms with Gasteiger partial charge in [-0.05, 0) is 30.2 Å². The number of anilines is 3. The van der Waals surface area contributed by atoms with Gasteiger partial charge >= 0.3 is 11.9 Å². The molecule has 1 aliphatic rings. The van der Waals surface area contributed by atoms with Crippen molar-refractivity contribution in [3.05, 3.63) is 66.4 Å². The molecule has 0 bridgehead atoms. The van der Waals surface area contributed by atoms with Crippen molar-refractivity contribution in [2.75, 3.05) is 36.4 Å². The predicted molar refractivity (Wildman–Crippen MR) is 153 cm³/mol. The number of rotatable bonds is 7. The molecule has 3 aromatic heterocycles. The fourth-order valence-corrected chi connectivity index (χ4v) is 4.51. The zero-order valence-corrected chi connectivity index (χ0v) is 22.9. The van der Waals surface area contributed by atoms with Crippen LogP contribution in [0.4, 0.5) is 21.8 Å². The van der Waals surface area contributed by atoms with Crippen LogP contribution in [0, 0.1) is 5.82 Å². The Kier molecular flexibility index (Phi) is 9.19. The summed E-state index contributed by atoms with van der Waals surface area (Å²) in [4.78, 5) is 34.5. The summed E-state index contributed by atoms with van der Waals surface area (Å²) in [5.74, 6) is -1.80. The first-order valence-corrected chi connectivity index (χ1v) is 12.9. The van der Waals surface area contributed by atoms with Crippen molar-refractivity contribution in [2.45, 2.75) is 19.8 Å². The monoisotopic (exact) mass is 562 g/mol. The normalized spacial score (nSPS) is 13.3. The Morgan fingerprint density at radius 1 is 1.05 bits per heavy atom. The molecular formula is C28H31FN8O4. The van der Waals surface area contributed by atoms with Gasteiger partial charge in [0.1, 0.15) is 11.5 Å². The molecule has 0 saturated carbocycles. The van der Waals surface area contributed by atoms with Crippen LogP contribution < -0.4 is 15.5 Å². The second kappa shape index (κ2) is 13.0. The van der Waals surface area contributed by atoms with Crippen molar-refractivity contribution in [2.24, 2.45) is 7.05 Å². The average Bonchev–Trinajstić information content (AvgIpc) is 3.29. The summed E-state index contributed by atoms with van der Waals surface area (Å²) < 4.78 is 16.6. The van der Waals surface area contributed by atoms with Crippen LogP contribution in [0.15, 0.2) is 54.9 Å². The molecule has 4 heterocycles. The molecule has 5 rings (SSSR count). The maximum absolute atomic E-state index is 14.7. The largest absolute Gasteiger partial charge is 0.478 e. The van der Waals surface area contributed by atoms with Crippen LogP contribution in [0.2, 0.25) is 0 Å². The predicted octanol–water partition coefficient (Wildman–Crippen LogP) is 3.55. The fraction of sp³-hybridized carbons (Fsp3) is 0.286. The fourth-order valence-electron chi connectivity index (χ4n) is 4.51. The van der Waals surface area contributed by atoms with Crippen molar-refractivity contribution in [3.63, 3.8) is 0 Å². The van der Waals surface area contributed by atoms with E-state index >= 15 is 0 Å². The van der Waals surface area contributed by atoms with Crippen LogP contribution >= 0.6 is 0 Å². The Morgan fingerprint density at radius 2 is 1.76 bits per heavy atom. The van der Waals surface area contributed by atoms with Gasteiger partial charge in [0, 0.05) is 62.0 Å². The lowest BCUT2D eigenvalue weighted by atomic mass is 10.0. The zero-order chi connectivity index (χ0) is 29.5. The van der Waals surface area contributed by atoms with Gasteiger partial charge in [-0.1, -0.05) is 19.9 Å². The number of carboxylic acids is 2. The van der Waals surface area contributed by atoms with E-state index in [0.29, 0.717) is 29.5 Å². The van der Waals surface area contributed by atoms with Gasteiger partial charge in [0.2, 0.25) is 5.95 Å². The summed E-state index contributed by atoms with van der Waals surface area (Å²) in [7, 11) is 1.93. The topological polar surface area (TPSA) is 158 Å². The molecule has 214 valence electrons. The first-order valence-electron chi connectivity index (χ1n) is 12.9. The number of aromatic nitrogens is 5. The molecule has 0 aliphatic carbocycles. The molecule has 0 radical (unpaired) electrons. The minimum absolute atomic E-state index is 0.241. The maximum Gasteiger partial charge on any atom is 0.328 e. The average molecular weight is 563 g/mol. The highest BCUT2D eigenvalue weighted by molar-refractivity contribution is 5.89. The molecule has 1 aliphatic heterocycles. The van der Waals surface area contributed by atoms with E-state index in [9.17, 15) is 14.0 Å². The van der Waals surface area contributed by atoms with Crippen LogP contribution in [0.1, 0.15) is 25.5 Å². The summed E-state index contributed by atoms with van der Waals surface area (Å²) in [5.41, 5.74) is 3.99. The van der Waals surface area contributed by atoms with Gasteiger partial charge in [-0.2, -0.15) is 5.10 Å². The standard InChI is InChI=1S/C24H27FN8.C4H4O4/c1-15(2)23-18-12-16(4-6-20(18)31-32(23)3)22-19(25)14-28-24(30-22)29-21-7-5-17(13-27-21)33-10-8-26-9-11-33;5-3(6)1-2-4(7)8/h4-7,12-15,26H,8-11H2,1-3H3,(H,27,28,29,30);1-2H,(H,5,6)(H,7,8)/b;2-1-. The second-order valence-corrected chi connectivity index (χ2v) is 9.56. The number of nitrogens with zero attached hydrogens (tertiary/aromatic N) is 6. The molecular weight excluding hydrogens is 531 g/mol. The highest BCUT2D eigenvalue weighted by Crippen LogP contribution is 2.30. The molecule has 4 aromatic rings. The number of pyridine rings is 1. The maximum atomic E-state index is 14.7. The van der Waals surface area contributed by atoms with Crippen LogP contribution in [-0.4, -0.2) is 73.1 Å². The van der Waals surface area contributed by atoms with Crippen LogP contribution in [0.5, 0.6) is 0 Å². The van der Waals surface area contributed by atoms with Crippen molar-refractivity contribution < 1.29 is 24.2 Å². The summed E-state index contributed by atoms with van der Waals surface area (Å²) >= 11 is 0. The smallest absolute Gasteiger partial charge is 0.328 e. The van der Waals surface area contributed by atoms with E-state index in [1.807, 2.05) is 48.3 Å². The number of benzene rings is 1. The van der Waals surface area contributed by atoms with E-state index in [0.717, 1.165) is 48.5 Å². The van der Waals surface area contributed by atoms with Gasteiger partial charge in [-0.25, -0.2) is 28.9 Å². The highest BCUT2D eigenvalue weighted by atomic mass is 19.1. The minimum atomic E-state index is -1.26. The van der Waals surface area contributed by atoms with Gasteiger partial charge in [0.15, 0.2) is 5.82 Å². The third kappa shape index (κ3) is 7.39. The van der Waals surface area contributed by atoms with E-state index in [1.165, 1.54) is 6.20 Å². The van der Waals surface area contributed by atoms with Crippen LogP contribution in [0.3, 0.4) is 0 Å². The van der Waals surface area contributed by atoms with E-state index in [-0.39, 0.29) is 11.6 Å². The Morgan fingerprint density at radius 3 is 2.37 bits per heavy atom. The first kappa shape index (κ1) is 29.1. The lowest BCUT2D eigenvalue weighted by Gasteiger charge is -2.29. The van der Waals surface area contributed by atoms with Crippen molar-refractivity contribution in [1.82, 2.24) is 30.0 Å². The van der Waals surface area contributed by atoms with Crippen molar-refractivity contribution in [3.8, 4) is 11.3 Å². The Hall–Kier alpha value is -4.91. The Labute approximate surface area is 235 Å². The quantitative estimate of drug-likeness (QED) is 0.244. The molecule has 1 fully saturated rings. The number of piperazine rings is 1. The molecule has 1 saturated heterocycles. The number of aryl methyl sites for hydroxylation is 1. The van der Waals surface area contributed by atoms with Crippen molar-refractivity contribution in [1.29, 1.82) is 0 Å². The SMILES string of the molecule is CC(C)c1c2cc(-c3nc(Nc4ccc(N5CCNCC5)cn4)ncc3F)ccc2nn1C.O=C(O)/C=C\C(=O)O. The zero-order valence-electron chi connectivity index (χ0n) is 22.9. The number of fused-ring (bicyclic) bond motifs is 1. The van der Waals surface area contributed by atoms with E-state index < -0.39 is 17.8 Å². The van der Waals surface area contributed by atoms with Gasteiger partial charge < -0.3 is 25.7 Å². The van der Waals surface area contributed by atoms with E-state index in [4.69, 9.17) is 10.2 Å². The number of hydrogen-bond acceptors (Lipinski definition) is 9. The van der Waals surface area contributed by atoms with Crippen LogP contribution in [0.25, 0.3) is 22.2 Å². The summed E-state index contributed by atoms with van der Waals surface area (Å²) in [6.45, 7) is 8.09. The third-order valence-electron chi connectivity index (χ3n) is 6.28. The lowest BCUT2D eigenvalue weighted by molar-refractivity contribution is -0.134. The minimum Gasteiger partial charge on any atom is -0.478 e. The number of nitrogens with one attached hydrogen (secondary N) is 2. The third-order valence-corrected chi connectivity index (χ3v) is 6.28. The number of carbonyl (C=O) groups is 2. The van der Waals surface area contributed by atoms with Crippen molar-refractivity contribution >= 4 is 40.3 Å². The summed E-state index contributed by atoms with van der Waals surface area (Å²) in [6, 6.07) is 9.61. The molecule has 1 aromatic carbocycles. The summed E-state index contributed by atoms with van der Waals surface area (Å²) in [5, 5.41) is 27.6. The number of halogens is 1. The molecule has 4 N–H and O–H groups in total. The highest BCUT2D eigenvalue weighted by Gasteiger charge is 2.16.